The summed E-state index contributed by atoms with van der Waals surface area (Å²) in [6, 6.07) is 24.3. The van der Waals surface area contributed by atoms with E-state index < -0.39 is 6.04 Å². The standard InChI is InChI=1S/C28H31BrN2O4/c1-30-28(33)26(19-21-7-4-3-5-8-21)31(20-22-10-12-23(29)13-11-22)27(32)9-6-18-35-25-16-14-24(34-2)15-17-25/h3-5,7-8,10-17,26H,6,9,18-20H2,1-2H3,(H,30,33)/t26-/m1/s1. The summed E-state index contributed by atoms with van der Waals surface area (Å²) in [5.74, 6) is 1.21. The number of carbonyl (C=O) groups excluding carboxylic acids is 2. The first-order valence-electron chi connectivity index (χ1n) is 11.6. The Labute approximate surface area is 215 Å². The Morgan fingerprint density at radius 3 is 2.20 bits per heavy atom. The van der Waals surface area contributed by atoms with Gasteiger partial charge in [0.15, 0.2) is 0 Å². The third kappa shape index (κ3) is 8.14. The average molecular weight is 539 g/mol. The number of carbonyl (C=O) groups is 2. The van der Waals surface area contributed by atoms with E-state index in [1.165, 1.54) is 0 Å². The molecule has 3 rings (SSSR count). The Morgan fingerprint density at radius 2 is 1.57 bits per heavy atom. The highest BCUT2D eigenvalue weighted by Crippen LogP contribution is 2.19. The van der Waals surface area contributed by atoms with Crippen LogP contribution in [-0.2, 0) is 22.6 Å². The molecule has 3 aromatic carbocycles. The quantitative estimate of drug-likeness (QED) is 0.329. The van der Waals surface area contributed by atoms with Gasteiger partial charge in [-0.3, -0.25) is 9.59 Å². The molecule has 184 valence electrons. The first kappa shape index (κ1) is 26.3. The molecule has 0 fully saturated rings. The van der Waals surface area contributed by atoms with Crippen LogP contribution in [0.25, 0.3) is 0 Å². The van der Waals surface area contributed by atoms with Crippen molar-refractivity contribution in [2.45, 2.75) is 31.8 Å². The number of hydrogen-bond acceptors (Lipinski definition) is 4. The second-order valence-corrected chi connectivity index (χ2v) is 9.01. The highest BCUT2D eigenvalue weighted by Gasteiger charge is 2.29. The monoisotopic (exact) mass is 538 g/mol. The summed E-state index contributed by atoms with van der Waals surface area (Å²) >= 11 is 3.45. The van der Waals surface area contributed by atoms with Gasteiger partial charge in [-0.2, -0.15) is 0 Å². The fraction of sp³-hybridized carbons (Fsp3) is 0.286. The van der Waals surface area contributed by atoms with Gasteiger partial charge >= 0.3 is 0 Å². The minimum absolute atomic E-state index is 0.0872. The fourth-order valence-corrected chi connectivity index (χ4v) is 4.00. The van der Waals surface area contributed by atoms with Crippen molar-refractivity contribution in [2.24, 2.45) is 0 Å². The van der Waals surface area contributed by atoms with Gasteiger partial charge in [-0.1, -0.05) is 58.4 Å². The van der Waals surface area contributed by atoms with E-state index in [2.05, 4.69) is 21.2 Å². The van der Waals surface area contributed by atoms with Gasteiger partial charge in [0.1, 0.15) is 17.5 Å². The number of nitrogens with one attached hydrogen (secondary N) is 1. The molecule has 0 radical (unpaired) electrons. The lowest BCUT2D eigenvalue weighted by Gasteiger charge is -2.31. The summed E-state index contributed by atoms with van der Waals surface area (Å²) in [5, 5.41) is 2.74. The first-order chi connectivity index (χ1) is 17.0. The minimum atomic E-state index is -0.624. The van der Waals surface area contributed by atoms with Crippen LogP contribution in [0.5, 0.6) is 11.5 Å². The molecule has 3 aromatic rings. The summed E-state index contributed by atoms with van der Waals surface area (Å²) < 4.78 is 11.9. The Bertz CT molecular complexity index is 1070. The van der Waals surface area contributed by atoms with Crippen molar-refractivity contribution in [3.05, 3.63) is 94.5 Å². The summed E-state index contributed by atoms with van der Waals surface area (Å²) in [4.78, 5) is 28.0. The van der Waals surface area contributed by atoms with Crippen LogP contribution in [0.1, 0.15) is 24.0 Å². The summed E-state index contributed by atoms with van der Waals surface area (Å²) in [7, 11) is 3.22. The van der Waals surface area contributed by atoms with E-state index in [1.807, 2.05) is 78.9 Å². The molecule has 0 aliphatic carbocycles. The van der Waals surface area contributed by atoms with E-state index in [1.54, 1.807) is 19.1 Å². The van der Waals surface area contributed by atoms with Crippen molar-refractivity contribution in [3.63, 3.8) is 0 Å². The van der Waals surface area contributed by atoms with Crippen molar-refractivity contribution in [1.29, 1.82) is 0 Å². The number of likely N-dealkylation sites (N-methyl/N-ethyl adjacent to an activating group) is 1. The molecule has 0 heterocycles. The number of benzene rings is 3. The molecule has 0 aromatic heterocycles. The van der Waals surface area contributed by atoms with Crippen LogP contribution in [0.4, 0.5) is 0 Å². The summed E-state index contributed by atoms with van der Waals surface area (Å²) in [6.45, 7) is 0.740. The molecule has 0 saturated carbocycles. The molecule has 0 aliphatic rings. The van der Waals surface area contributed by atoms with Crippen molar-refractivity contribution in [3.8, 4) is 11.5 Å². The highest BCUT2D eigenvalue weighted by atomic mass is 79.9. The average Bonchev–Trinajstić information content (AvgIpc) is 2.90. The molecule has 1 atom stereocenters. The zero-order chi connectivity index (χ0) is 25.0. The van der Waals surface area contributed by atoms with E-state index >= 15 is 0 Å². The Morgan fingerprint density at radius 1 is 0.914 bits per heavy atom. The molecule has 0 bridgehead atoms. The molecule has 0 saturated heterocycles. The van der Waals surface area contributed by atoms with Crippen LogP contribution in [0.15, 0.2) is 83.3 Å². The van der Waals surface area contributed by atoms with Gasteiger partial charge in [0.25, 0.3) is 0 Å². The molecular formula is C28H31BrN2O4. The Hall–Kier alpha value is -3.32. The lowest BCUT2D eigenvalue weighted by molar-refractivity contribution is -0.141. The predicted molar refractivity (Wildman–Crippen MR) is 140 cm³/mol. The number of methoxy groups -OCH3 is 1. The number of hydrogen-bond donors (Lipinski definition) is 1. The maximum Gasteiger partial charge on any atom is 0.242 e. The zero-order valence-corrected chi connectivity index (χ0v) is 21.7. The van der Waals surface area contributed by atoms with E-state index in [4.69, 9.17) is 9.47 Å². The maximum absolute atomic E-state index is 13.4. The van der Waals surface area contributed by atoms with Crippen LogP contribution in [-0.4, -0.2) is 43.5 Å². The van der Waals surface area contributed by atoms with Crippen LogP contribution in [0, 0.1) is 0 Å². The molecule has 0 aliphatic heterocycles. The fourth-order valence-electron chi connectivity index (χ4n) is 3.74. The Balaban J connectivity index is 1.71. The zero-order valence-electron chi connectivity index (χ0n) is 20.1. The normalized spacial score (nSPS) is 11.4. The maximum atomic E-state index is 13.4. The predicted octanol–water partition coefficient (Wildman–Crippen LogP) is 5.00. The smallest absolute Gasteiger partial charge is 0.242 e. The molecule has 0 spiro atoms. The van der Waals surface area contributed by atoms with E-state index in [9.17, 15) is 9.59 Å². The molecule has 0 unspecified atom stereocenters. The van der Waals surface area contributed by atoms with E-state index in [0.717, 1.165) is 27.1 Å². The number of rotatable bonds is 12. The minimum Gasteiger partial charge on any atom is -0.497 e. The molecule has 1 N–H and O–H groups in total. The molecule has 7 heteroatoms. The second-order valence-electron chi connectivity index (χ2n) is 8.10. The van der Waals surface area contributed by atoms with Gasteiger partial charge in [-0.25, -0.2) is 0 Å². The third-order valence-corrected chi connectivity index (χ3v) is 6.18. The van der Waals surface area contributed by atoms with Crippen molar-refractivity contribution >= 4 is 27.7 Å². The second kappa shape index (κ2) is 13.5. The van der Waals surface area contributed by atoms with Crippen LogP contribution in [0.2, 0.25) is 0 Å². The van der Waals surface area contributed by atoms with Gasteiger partial charge in [0, 0.05) is 30.9 Å². The lowest BCUT2D eigenvalue weighted by atomic mass is 10.0. The summed E-state index contributed by atoms with van der Waals surface area (Å²) in [5.41, 5.74) is 1.95. The largest absolute Gasteiger partial charge is 0.497 e. The van der Waals surface area contributed by atoms with Crippen molar-refractivity contribution in [2.75, 3.05) is 20.8 Å². The number of halogens is 1. The van der Waals surface area contributed by atoms with Crippen molar-refractivity contribution < 1.29 is 19.1 Å². The highest BCUT2D eigenvalue weighted by molar-refractivity contribution is 9.10. The number of nitrogens with zero attached hydrogens (tertiary/aromatic N) is 1. The van der Waals surface area contributed by atoms with Gasteiger partial charge < -0.3 is 19.7 Å². The molecule has 6 nitrogen and oxygen atoms in total. The first-order valence-corrected chi connectivity index (χ1v) is 12.4. The van der Waals surface area contributed by atoms with Crippen LogP contribution >= 0.6 is 15.9 Å². The van der Waals surface area contributed by atoms with Gasteiger partial charge in [0.05, 0.1) is 13.7 Å². The number of amides is 2. The van der Waals surface area contributed by atoms with Crippen LogP contribution < -0.4 is 14.8 Å². The molecule has 35 heavy (non-hydrogen) atoms. The van der Waals surface area contributed by atoms with Gasteiger partial charge in [0.2, 0.25) is 11.8 Å². The van der Waals surface area contributed by atoms with E-state index in [0.29, 0.717) is 26.0 Å². The molecular weight excluding hydrogens is 508 g/mol. The number of ether oxygens (including phenoxy) is 2. The topological polar surface area (TPSA) is 67.9 Å². The molecule has 2 amide bonds. The summed E-state index contributed by atoms with van der Waals surface area (Å²) in [6.07, 6.45) is 1.24. The SMILES string of the molecule is CNC(=O)[C@@H](Cc1ccccc1)N(Cc1ccc(Br)cc1)C(=O)CCCOc1ccc(OC)cc1. The van der Waals surface area contributed by atoms with Crippen LogP contribution in [0.3, 0.4) is 0 Å². The lowest BCUT2D eigenvalue weighted by Crippen LogP contribution is -2.49. The van der Waals surface area contributed by atoms with E-state index in [-0.39, 0.29) is 18.2 Å². The Kier molecular flexibility index (Phi) is 10.2. The van der Waals surface area contributed by atoms with Gasteiger partial charge in [-0.05, 0) is 53.9 Å². The van der Waals surface area contributed by atoms with Gasteiger partial charge in [-0.15, -0.1) is 0 Å². The van der Waals surface area contributed by atoms with Crippen molar-refractivity contribution in [1.82, 2.24) is 10.2 Å². The third-order valence-electron chi connectivity index (χ3n) is 5.65.